The summed E-state index contributed by atoms with van der Waals surface area (Å²) in [6, 6.07) is 17.9. The van der Waals surface area contributed by atoms with Gasteiger partial charge < -0.3 is 9.64 Å². The zero-order chi connectivity index (χ0) is 20.2. The van der Waals surface area contributed by atoms with Gasteiger partial charge in [0.05, 0.1) is 5.69 Å². The van der Waals surface area contributed by atoms with E-state index in [-0.39, 0.29) is 0 Å². The molecule has 1 aromatic carbocycles. The lowest BCUT2D eigenvalue weighted by molar-refractivity contribution is 0.301. The molecule has 6 nitrogen and oxygen atoms in total. The van der Waals surface area contributed by atoms with Crippen molar-refractivity contribution in [2.24, 2.45) is 0 Å². The summed E-state index contributed by atoms with van der Waals surface area (Å²) in [4.78, 5) is 20.3. The van der Waals surface area contributed by atoms with E-state index < -0.39 is 0 Å². The van der Waals surface area contributed by atoms with Gasteiger partial charge in [-0.3, -0.25) is 15.0 Å². The van der Waals surface area contributed by atoms with Gasteiger partial charge in [0.25, 0.3) is 0 Å². The summed E-state index contributed by atoms with van der Waals surface area (Å²) >= 11 is 0. The Morgan fingerprint density at radius 3 is 2.53 bits per heavy atom. The quantitative estimate of drug-likeness (QED) is 0.507. The first-order chi connectivity index (χ1) is 14.9. The number of pyridine rings is 2. The van der Waals surface area contributed by atoms with Crippen molar-refractivity contribution in [3.63, 3.8) is 0 Å². The number of fused-ring (bicyclic) bond motifs is 1. The van der Waals surface area contributed by atoms with Crippen molar-refractivity contribution < 1.29 is 4.74 Å². The van der Waals surface area contributed by atoms with Crippen LogP contribution < -0.4 is 9.64 Å². The summed E-state index contributed by atoms with van der Waals surface area (Å²) in [5.74, 6) is 1.70. The van der Waals surface area contributed by atoms with Gasteiger partial charge in [-0.1, -0.05) is 12.1 Å². The molecule has 3 aromatic heterocycles. The lowest BCUT2D eigenvalue weighted by Crippen LogP contribution is -2.32. The van der Waals surface area contributed by atoms with Gasteiger partial charge in [0, 0.05) is 55.6 Å². The molecule has 0 saturated carbocycles. The molecule has 4 heterocycles. The van der Waals surface area contributed by atoms with Crippen LogP contribution >= 0.6 is 0 Å². The van der Waals surface area contributed by atoms with Gasteiger partial charge in [-0.15, -0.1) is 0 Å². The van der Waals surface area contributed by atoms with Crippen LogP contribution in [0.4, 0.5) is 5.82 Å². The largest absolute Gasteiger partial charge is 0.487 e. The molecule has 0 radical (unpaired) electrons. The molecule has 0 bridgehead atoms. The Morgan fingerprint density at radius 1 is 0.800 bits per heavy atom. The monoisotopic (exact) mass is 395 g/mol. The minimum atomic E-state index is 0.442. The van der Waals surface area contributed by atoms with Crippen molar-refractivity contribution >= 4 is 5.82 Å². The smallest absolute Gasteiger partial charge is 0.155 e. The lowest BCUT2D eigenvalue weighted by atomic mass is 10.0. The summed E-state index contributed by atoms with van der Waals surface area (Å²) in [5, 5.41) is 0. The fourth-order valence-corrected chi connectivity index (χ4v) is 3.66. The summed E-state index contributed by atoms with van der Waals surface area (Å²) < 4.78 is 5.85. The molecule has 0 atom stereocenters. The van der Waals surface area contributed by atoms with E-state index in [0.29, 0.717) is 6.61 Å². The van der Waals surface area contributed by atoms with Gasteiger partial charge in [0.1, 0.15) is 18.1 Å². The van der Waals surface area contributed by atoms with Crippen LogP contribution in [-0.2, 0) is 19.6 Å². The van der Waals surface area contributed by atoms with Crippen LogP contribution in [0, 0.1) is 0 Å². The van der Waals surface area contributed by atoms with Crippen LogP contribution in [-0.4, -0.2) is 26.5 Å². The normalized spacial score (nSPS) is 13.0. The highest BCUT2D eigenvalue weighted by Gasteiger charge is 2.21. The van der Waals surface area contributed by atoms with E-state index in [9.17, 15) is 0 Å². The molecule has 0 amide bonds. The summed E-state index contributed by atoms with van der Waals surface area (Å²) in [6.45, 7) is 2.11. The first-order valence-corrected chi connectivity index (χ1v) is 9.99. The lowest BCUT2D eigenvalue weighted by Gasteiger charge is -2.30. The highest BCUT2D eigenvalue weighted by atomic mass is 16.5. The van der Waals surface area contributed by atoms with Crippen molar-refractivity contribution in [3.8, 4) is 17.0 Å². The van der Waals surface area contributed by atoms with Gasteiger partial charge in [0.2, 0.25) is 0 Å². The Hall–Kier alpha value is -3.80. The Labute approximate surface area is 175 Å². The SMILES string of the molecule is c1ccc(COc2ccc(-c3nccnc3N3CCc4ncccc4C3)cc2)nc1. The number of ether oxygens (including phenoxy) is 1. The number of benzene rings is 1. The minimum absolute atomic E-state index is 0.442. The zero-order valence-corrected chi connectivity index (χ0v) is 16.5. The second kappa shape index (κ2) is 8.29. The average molecular weight is 395 g/mol. The highest BCUT2D eigenvalue weighted by Crippen LogP contribution is 2.31. The zero-order valence-electron chi connectivity index (χ0n) is 16.5. The third-order valence-electron chi connectivity index (χ3n) is 5.18. The molecule has 30 heavy (non-hydrogen) atoms. The third-order valence-corrected chi connectivity index (χ3v) is 5.18. The number of aromatic nitrogens is 4. The molecule has 1 aliphatic rings. The number of hydrogen-bond acceptors (Lipinski definition) is 6. The molecule has 0 saturated heterocycles. The molecular formula is C24H21N5O. The van der Waals surface area contributed by atoms with Crippen molar-refractivity contribution in [3.05, 3.63) is 96.3 Å². The molecule has 0 N–H and O–H groups in total. The maximum atomic E-state index is 5.85. The second-order valence-corrected chi connectivity index (χ2v) is 7.14. The van der Waals surface area contributed by atoms with Crippen molar-refractivity contribution in [1.29, 1.82) is 0 Å². The summed E-state index contributed by atoms with van der Waals surface area (Å²) in [5.41, 5.74) is 5.21. The van der Waals surface area contributed by atoms with Crippen LogP contribution in [0.15, 0.2) is 79.4 Å². The van der Waals surface area contributed by atoms with E-state index in [1.54, 1.807) is 18.6 Å². The van der Waals surface area contributed by atoms with Crippen LogP contribution in [0.25, 0.3) is 11.3 Å². The number of hydrogen-bond donors (Lipinski definition) is 0. The first kappa shape index (κ1) is 18.2. The molecule has 0 spiro atoms. The molecule has 0 aliphatic carbocycles. The highest BCUT2D eigenvalue weighted by molar-refractivity contribution is 5.72. The fourth-order valence-electron chi connectivity index (χ4n) is 3.66. The Bertz CT molecular complexity index is 1130. The summed E-state index contributed by atoms with van der Waals surface area (Å²) in [7, 11) is 0. The maximum absolute atomic E-state index is 5.85. The molecule has 6 heteroatoms. The molecule has 0 fully saturated rings. The molecule has 1 aliphatic heterocycles. The topological polar surface area (TPSA) is 64.0 Å². The molecule has 5 rings (SSSR count). The van der Waals surface area contributed by atoms with Crippen LogP contribution in [0.2, 0.25) is 0 Å². The van der Waals surface area contributed by atoms with Gasteiger partial charge in [-0.05, 0) is 48.0 Å². The predicted octanol–water partition coefficient (Wildman–Crippen LogP) is 4.08. The van der Waals surface area contributed by atoms with Crippen molar-refractivity contribution in [2.75, 3.05) is 11.4 Å². The molecule has 0 unspecified atom stereocenters. The summed E-state index contributed by atoms with van der Waals surface area (Å²) in [6.07, 6.45) is 8.03. The number of anilines is 1. The molecular weight excluding hydrogens is 374 g/mol. The minimum Gasteiger partial charge on any atom is -0.487 e. The maximum Gasteiger partial charge on any atom is 0.155 e. The van der Waals surface area contributed by atoms with Crippen LogP contribution in [0.3, 0.4) is 0 Å². The third kappa shape index (κ3) is 3.85. The van der Waals surface area contributed by atoms with E-state index in [4.69, 9.17) is 4.74 Å². The van der Waals surface area contributed by atoms with Gasteiger partial charge >= 0.3 is 0 Å². The van der Waals surface area contributed by atoms with Crippen molar-refractivity contribution in [2.45, 2.75) is 19.6 Å². The first-order valence-electron chi connectivity index (χ1n) is 9.99. The van der Waals surface area contributed by atoms with E-state index in [1.807, 2.05) is 54.7 Å². The number of nitrogens with zero attached hydrogens (tertiary/aromatic N) is 5. The Kier molecular flexibility index (Phi) is 5.04. The fraction of sp³-hybridized carbons (Fsp3) is 0.167. The van der Waals surface area contributed by atoms with Crippen molar-refractivity contribution in [1.82, 2.24) is 19.9 Å². The molecule has 148 valence electrons. The van der Waals surface area contributed by atoms with E-state index in [1.165, 1.54) is 11.3 Å². The van der Waals surface area contributed by atoms with Gasteiger partial charge in [-0.2, -0.15) is 0 Å². The van der Waals surface area contributed by atoms with Gasteiger partial charge in [-0.25, -0.2) is 4.98 Å². The standard InChI is InChI=1S/C24H21N5O/c1-2-11-25-20(5-1)17-30-21-8-6-18(7-9-21)23-24(28-14-13-27-23)29-15-10-22-19(16-29)4-3-12-26-22/h1-9,11-14H,10,15-17H2. The number of rotatable bonds is 5. The Balaban J connectivity index is 1.35. The predicted molar refractivity (Wildman–Crippen MR) is 115 cm³/mol. The van der Waals surface area contributed by atoms with Gasteiger partial charge in [0.15, 0.2) is 5.82 Å². The second-order valence-electron chi connectivity index (χ2n) is 7.14. The van der Waals surface area contributed by atoms with E-state index in [0.717, 1.165) is 48.0 Å². The molecule has 4 aromatic rings. The van der Waals surface area contributed by atoms with E-state index in [2.05, 4.69) is 30.9 Å². The average Bonchev–Trinajstić information content (AvgIpc) is 2.83. The van der Waals surface area contributed by atoms with Crippen LogP contribution in [0.5, 0.6) is 5.75 Å². The Morgan fingerprint density at radius 2 is 1.67 bits per heavy atom. The van der Waals surface area contributed by atoms with Crippen LogP contribution in [0.1, 0.15) is 17.0 Å². The van der Waals surface area contributed by atoms with E-state index >= 15 is 0 Å².